The number of nitrogens with one attached hydrogen (secondary N) is 1. The Labute approximate surface area is 130 Å². The van der Waals surface area contributed by atoms with E-state index in [1.165, 1.54) is 0 Å². The number of carbonyl (C=O) groups excluding carboxylic acids is 1. The van der Waals surface area contributed by atoms with Crippen LogP contribution in [0.15, 0.2) is 42.9 Å². The lowest BCUT2D eigenvalue weighted by Gasteiger charge is -2.10. The van der Waals surface area contributed by atoms with Gasteiger partial charge in [0.1, 0.15) is 11.6 Å². The lowest BCUT2D eigenvalue weighted by atomic mass is 10.1. The fourth-order valence-electron chi connectivity index (χ4n) is 2.70. The van der Waals surface area contributed by atoms with Crippen LogP contribution < -0.4 is 5.32 Å². The van der Waals surface area contributed by atoms with Crippen molar-refractivity contribution >= 4 is 5.91 Å². The largest absolute Gasteiger partial charge is 0.352 e. The van der Waals surface area contributed by atoms with Crippen molar-refractivity contribution in [2.75, 3.05) is 0 Å². The van der Waals surface area contributed by atoms with Crippen molar-refractivity contribution < 1.29 is 4.79 Å². The summed E-state index contributed by atoms with van der Waals surface area (Å²) >= 11 is 0. The highest BCUT2D eigenvalue weighted by atomic mass is 16.1. The predicted octanol–water partition coefficient (Wildman–Crippen LogP) is 2.55. The number of aryl methyl sites for hydroxylation is 1. The average molecular weight is 296 g/mol. The lowest BCUT2D eigenvalue weighted by Crippen LogP contribution is -2.24. The molecule has 0 saturated heterocycles. The van der Waals surface area contributed by atoms with Crippen LogP contribution in [-0.4, -0.2) is 20.4 Å². The molecule has 0 radical (unpaired) electrons. The Balaban J connectivity index is 1.60. The molecular weight excluding hydrogens is 276 g/mol. The van der Waals surface area contributed by atoms with Gasteiger partial charge in [0.15, 0.2) is 0 Å². The molecule has 2 aromatic heterocycles. The summed E-state index contributed by atoms with van der Waals surface area (Å²) in [4.78, 5) is 20.5. The molecule has 1 aliphatic carbocycles. The van der Waals surface area contributed by atoms with Gasteiger partial charge in [-0.05, 0) is 43.4 Å². The van der Waals surface area contributed by atoms with E-state index < -0.39 is 0 Å². The van der Waals surface area contributed by atoms with Crippen LogP contribution >= 0.6 is 0 Å². The first kappa shape index (κ1) is 14.5. The van der Waals surface area contributed by atoms with Gasteiger partial charge in [0.25, 0.3) is 0 Å². The van der Waals surface area contributed by atoms with E-state index in [1.807, 2.05) is 29.8 Å². The molecular formula is C17H20N4O. The number of hydrogen-bond donors (Lipinski definition) is 1. The molecule has 1 amide bonds. The third-order valence-corrected chi connectivity index (χ3v) is 3.93. The summed E-state index contributed by atoms with van der Waals surface area (Å²) in [5.74, 6) is 2.22. The zero-order valence-electron chi connectivity index (χ0n) is 12.7. The summed E-state index contributed by atoms with van der Waals surface area (Å²) in [5, 5.41) is 2.99. The van der Waals surface area contributed by atoms with E-state index in [1.54, 1.807) is 12.4 Å². The molecule has 22 heavy (non-hydrogen) atoms. The first-order valence-corrected chi connectivity index (χ1v) is 7.61. The molecule has 0 saturated carbocycles. The summed E-state index contributed by atoms with van der Waals surface area (Å²) in [6, 6.07) is 3.90. The number of amides is 1. The molecule has 1 aliphatic rings. The van der Waals surface area contributed by atoms with Crippen molar-refractivity contribution in [1.29, 1.82) is 0 Å². The quantitative estimate of drug-likeness (QED) is 0.863. The minimum atomic E-state index is 0.105. The lowest BCUT2D eigenvalue weighted by molar-refractivity contribution is -0.121. The number of rotatable bonds is 5. The summed E-state index contributed by atoms with van der Waals surface area (Å²) in [6.45, 7) is 2.46. The van der Waals surface area contributed by atoms with Gasteiger partial charge in [-0.3, -0.25) is 9.36 Å². The molecule has 0 aliphatic heterocycles. The monoisotopic (exact) mass is 296 g/mol. The number of pyridine rings is 1. The normalized spacial score (nSPS) is 16.9. The van der Waals surface area contributed by atoms with Crippen LogP contribution in [0.2, 0.25) is 0 Å². The SMILES string of the molecule is Cc1nccn1-c1cc(CNC(=O)CC2C=CCC2)ccn1. The minimum Gasteiger partial charge on any atom is -0.352 e. The Morgan fingerprint density at radius 1 is 1.41 bits per heavy atom. The predicted molar refractivity (Wildman–Crippen MR) is 84.4 cm³/mol. The van der Waals surface area contributed by atoms with Gasteiger partial charge in [0.2, 0.25) is 5.91 Å². The molecule has 0 spiro atoms. The van der Waals surface area contributed by atoms with E-state index in [-0.39, 0.29) is 5.91 Å². The van der Waals surface area contributed by atoms with Gasteiger partial charge in [-0.25, -0.2) is 9.97 Å². The fraction of sp³-hybridized carbons (Fsp3) is 0.353. The van der Waals surface area contributed by atoms with E-state index in [9.17, 15) is 4.79 Å². The highest BCUT2D eigenvalue weighted by Gasteiger charge is 2.13. The summed E-state index contributed by atoms with van der Waals surface area (Å²) < 4.78 is 1.93. The Bertz CT molecular complexity index is 689. The molecule has 0 fully saturated rings. The number of imidazole rings is 1. The Kier molecular flexibility index (Phi) is 4.32. The van der Waals surface area contributed by atoms with Crippen molar-refractivity contribution in [2.24, 2.45) is 5.92 Å². The van der Waals surface area contributed by atoms with Gasteiger partial charge in [-0.15, -0.1) is 0 Å². The number of nitrogens with zero attached hydrogens (tertiary/aromatic N) is 3. The van der Waals surface area contributed by atoms with E-state index in [2.05, 4.69) is 27.4 Å². The van der Waals surface area contributed by atoms with Crippen LogP contribution in [0.25, 0.3) is 5.82 Å². The molecule has 1 atom stereocenters. The van der Waals surface area contributed by atoms with Gasteiger partial charge in [0, 0.05) is 31.6 Å². The van der Waals surface area contributed by atoms with Crippen molar-refractivity contribution in [3.63, 3.8) is 0 Å². The number of carbonyl (C=O) groups is 1. The Morgan fingerprint density at radius 2 is 2.32 bits per heavy atom. The van der Waals surface area contributed by atoms with E-state index in [4.69, 9.17) is 0 Å². The first-order valence-electron chi connectivity index (χ1n) is 7.61. The maximum absolute atomic E-state index is 12.0. The topological polar surface area (TPSA) is 59.8 Å². The highest BCUT2D eigenvalue weighted by Crippen LogP contribution is 2.20. The second-order valence-electron chi connectivity index (χ2n) is 5.61. The maximum Gasteiger partial charge on any atom is 0.220 e. The molecule has 5 nitrogen and oxygen atoms in total. The fourth-order valence-corrected chi connectivity index (χ4v) is 2.70. The number of aromatic nitrogens is 3. The molecule has 3 rings (SSSR count). The Morgan fingerprint density at radius 3 is 3.05 bits per heavy atom. The molecule has 5 heteroatoms. The van der Waals surface area contributed by atoms with Crippen molar-refractivity contribution in [3.05, 3.63) is 54.3 Å². The van der Waals surface area contributed by atoms with Crippen LogP contribution in [-0.2, 0) is 11.3 Å². The number of hydrogen-bond acceptors (Lipinski definition) is 3. The Hall–Kier alpha value is -2.43. The van der Waals surface area contributed by atoms with Crippen LogP contribution in [0, 0.1) is 12.8 Å². The van der Waals surface area contributed by atoms with Gasteiger partial charge >= 0.3 is 0 Å². The molecule has 114 valence electrons. The van der Waals surface area contributed by atoms with E-state index in [0.717, 1.165) is 30.0 Å². The standard InChI is InChI=1S/C17H20N4O/c1-13-18-8-9-21(13)16-10-15(6-7-19-16)12-20-17(22)11-14-4-2-3-5-14/h2,4,6-10,14H,3,5,11-12H2,1H3,(H,20,22). The molecule has 2 heterocycles. The second kappa shape index (κ2) is 6.56. The smallest absolute Gasteiger partial charge is 0.220 e. The maximum atomic E-state index is 12.0. The van der Waals surface area contributed by atoms with Gasteiger partial charge < -0.3 is 5.32 Å². The molecule has 0 aromatic carbocycles. The first-order chi connectivity index (χ1) is 10.7. The molecule has 0 bridgehead atoms. The summed E-state index contributed by atoms with van der Waals surface area (Å²) in [5.41, 5.74) is 1.04. The van der Waals surface area contributed by atoms with Crippen molar-refractivity contribution in [1.82, 2.24) is 19.9 Å². The van der Waals surface area contributed by atoms with Crippen molar-refractivity contribution in [3.8, 4) is 5.82 Å². The molecule has 1 N–H and O–H groups in total. The minimum absolute atomic E-state index is 0.105. The molecule has 2 aromatic rings. The number of allylic oxidation sites excluding steroid dienone is 2. The van der Waals surface area contributed by atoms with Gasteiger partial charge in [0.05, 0.1) is 0 Å². The van der Waals surface area contributed by atoms with Crippen LogP contribution in [0.1, 0.15) is 30.7 Å². The van der Waals surface area contributed by atoms with Crippen LogP contribution in [0.3, 0.4) is 0 Å². The third-order valence-electron chi connectivity index (χ3n) is 3.93. The molecule has 1 unspecified atom stereocenters. The van der Waals surface area contributed by atoms with Crippen LogP contribution in [0.5, 0.6) is 0 Å². The zero-order chi connectivity index (χ0) is 15.4. The van der Waals surface area contributed by atoms with Crippen LogP contribution in [0.4, 0.5) is 0 Å². The van der Waals surface area contributed by atoms with Crippen molar-refractivity contribution in [2.45, 2.75) is 32.7 Å². The summed E-state index contributed by atoms with van der Waals surface area (Å²) in [7, 11) is 0. The van der Waals surface area contributed by atoms with E-state index >= 15 is 0 Å². The highest BCUT2D eigenvalue weighted by molar-refractivity contribution is 5.76. The van der Waals surface area contributed by atoms with Gasteiger partial charge in [-0.2, -0.15) is 0 Å². The summed E-state index contributed by atoms with van der Waals surface area (Å²) in [6.07, 6.45) is 12.5. The van der Waals surface area contributed by atoms with Gasteiger partial charge in [-0.1, -0.05) is 12.2 Å². The third kappa shape index (κ3) is 3.42. The average Bonchev–Trinajstić information content (AvgIpc) is 3.17. The van der Waals surface area contributed by atoms with E-state index in [0.29, 0.717) is 18.9 Å². The zero-order valence-corrected chi connectivity index (χ0v) is 12.7. The second-order valence-corrected chi connectivity index (χ2v) is 5.61.